The van der Waals surface area contributed by atoms with Gasteiger partial charge in [0.2, 0.25) is 0 Å². The van der Waals surface area contributed by atoms with Crippen LogP contribution in [-0.2, 0) is 6.54 Å². The number of aryl methyl sites for hydroxylation is 2. The molecule has 6 nitrogen and oxygen atoms in total. The Bertz CT molecular complexity index is 1310. The Kier molecular flexibility index (Phi) is 6.77. The van der Waals surface area contributed by atoms with Gasteiger partial charge >= 0.3 is 0 Å². The molecule has 1 aromatic heterocycles. The monoisotopic (exact) mass is 458 g/mol. The Morgan fingerprint density at radius 1 is 0.647 bits per heavy atom. The standard InChI is InChI=1S/C28H30N2O4/c1-18-7-8-19(2)22(13-18)17-30-24(21-10-12-26(32-4)28(15-21)34-6)16-23(29-30)20-9-11-25(31-3)27(14-20)33-5/h7-16H,17H2,1-6H3. The predicted octanol–water partition coefficient (Wildman–Crippen LogP) is 5.92. The third kappa shape index (κ3) is 4.57. The summed E-state index contributed by atoms with van der Waals surface area (Å²) in [6, 6.07) is 20.3. The fraction of sp³-hybridized carbons (Fsp3) is 0.250. The van der Waals surface area contributed by atoms with E-state index in [4.69, 9.17) is 24.0 Å². The van der Waals surface area contributed by atoms with Crippen LogP contribution in [0.15, 0.2) is 60.7 Å². The van der Waals surface area contributed by atoms with E-state index in [9.17, 15) is 0 Å². The first-order chi connectivity index (χ1) is 16.5. The van der Waals surface area contributed by atoms with Gasteiger partial charge in [0.25, 0.3) is 0 Å². The summed E-state index contributed by atoms with van der Waals surface area (Å²) >= 11 is 0. The van der Waals surface area contributed by atoms with Crippen LogP contribution in [0.1, 0.15) is 16.7 Å². The highest BCUT2D eigenvalue weighted by Crippen LogP contribution is 2.36. The Morgan fingerprint density at radius 3 is 1.85 bits per heavy atom. The van der Waals surface area contributed by atoms with Gasteiger partial charge in [0, 0.05) is 11.1 Å². The highest BCUT2D eigenvalue weighted by atomic mass is 16.5. The first-order valence-electron chi connectivity index (χ1n) is 11.1. The molecular weight excluding hydrogens is 428 g/mol. The van der Waals surface area contributed by atoms with E-state index < -0.39 is 0 Å². The SMILES string of the molecule is COc1ccc(-c2cc(-c3ccc(OC)c(OC)c3)n(Cc3cc(C)ccc3C)n2)cc1OC. The van der Waals surface area contributed by atoms with E-state index >= 15 is 0 Å². The molecule has 0 bridgehead atoms. The molecule has 3 aromatic carbocycles. The molecule has 0 spiro atoms. The number of hydrogen-bond donors (Lipinski definition) is 0. The Labute approximate surface area is 200 Å². The lowest BCUT2D eigenvalue weighted by molar-refractivity contribution is 0.355. The van der Waals surface area contributed by atoms with Crippen LogP contribution in [0.25, 0.3) is 22.5 Å². The van der Waals surface area contributed by atoms with Gasteiger partial charge in [-0.15, -0.1) is 0 Å². The van der Waals surface area contributed by atoms with E-state index in [1.54, 1.807) is 28.4 Å². The molecule has 176 valence electrons. The highest BCUT2D eigenvalue weighted by molar-refractivity contribution is 5.72. The van der Waals surface area contributed by atoms with Crippen molar-refractivity contribution in [3.63, 3.8) is 0 Å². The summed E-state index contributed by atoms with van der Waals surface area (Å²) in [5.74, 6) is 2.71. The van der Waals surface area contributed by atoms with Gasteiger partial charge < -0.3 is 18.9 Å². The lowest BCUT2D eigenvalue weighted by Crippen LogP contribution is -2.06. The lowest BCUT2D eigenvalue weighted by atomic mass is 10.0. The van der Waals surface area contributed by atoms with E-state index in [0.29, 0.717) is 29.5 Å². The van der Waals surface area contributed by atoms with Crippen molar-refractivity contribution >= 4 is 0 Å². The summed E-state index contributed by atoms with van der Waals surface area (Å²) in [7, 11) is 6.54. The lowest BCUT2D eigenvalue weighted by Gasteiger charge is -2.13. The first kappa shape index (κ1) is 23.2. The minimum absolute atomic E-state index is 0.643. The summed E-state index contributed by atoms with van der Waals surface area (Å²) in [4.78, 5) is 0. The number of methoxy groups -OCH3 is 4. The minimum Gasteiger partial charge on any atom is -0.493 e. The summed E-state index contributed by atoms with van der Waals surface area (Å²) in [5, 5.41) is 5.00. The van der Waals surface area contributed by atoms with Crippen LogP contribution in [0.3, 0.4) is 0 Å². The van der Waals surface area contributed by atoms with Crippen molar-refractivity contribution in [3.05, 3.63) is 77.4 Å². The molecule has 1 heterocycles. The van der Waals surface area contributed by atoms with Crippen LogP contribution in [0, 0.1) is 13.8 Å². The van der Waals surface area contributed by atoms with E-state index in [2.05, 4.69) is 38.1 Å². The number of benzene rings is 3. The second-order valence-corrected chi connectivity index (χ2v) is 8.14. The molecule has 0 N–H and O–H groups in total. The second-order valence-electron chi connectivity index (χ2n) is 8.14. The molecule has 0 unspecified atom stereocenters. The summed E-state index contributed by atoms with van der Waals surface area (Å²) < 4.78 is 23.9. The van der Waals surface area contributed by atoms with Crippen molar-refractivity contribution in [2.75, 3.05) is 28.4 Å². The Morgan fingerprint density at radius 2 is 1.24 bits per heavy atom. The summed E-state index contributed by atoms with van der Waals surface area (Å²) in [6.45, 7) is 4.88. The maximum atomic E-state index is 5.55. The van der Waals surface area contributed by atoms with Crippen molar-refractivity contribution in [3.8, 4) is 45.5 Å². The molecule has 0 aliphatic heterocycles. The molecule has 6 heteroatoms. The number of rotatable bonds is 8. The molecular formula is C28H30N2O4. The zero-order valence-electron chi connectivity index (χ0n) is 20.5. The van der Waals surface area contributed by atoms with E-state index in [0.717, 1.165) is 22.5 Å². The topological polar surface area (TPSA) is 54.7 Å². The van der Waals surface area contributed by atoms with Crippen LogP contribution < -0.4 is 18.9 Å². The van der Waals surface area contributed by atoms with Gasteiger partial charge in [0.05, 0.1) is 46.4 Å². The van der Waals surface area contributed by atoms with Crippen molar-refractivity contribution in [1.82, 2.24) is 9.78 Å². The molecule has 34 heavy (non-hydrogen) atoms. The number of ether oxygens (including phenoxy) is 4. The first-order valence-corrected chi connectivity index (χ1v) is 11.1. The van der Waals surface area contributed by atoms with Crippen LogP contribution in [0.5, 0.6) is 23.0 Å². The third-order valence-corrected chi connectivity index (χ3v) is 5.96. The quantitative estimate of drug-likeness (QED) is 0.328. The maximum absolute atomic E-state index is 5.55. The van der Waals surface area contributed by atoms with Gasteiger partial charge in [-0.2, -0.15) is 5.10 Å². The van der Waals surface area contributed by atoms with E-state index in [1.165, 1.54) is 16.7 Å². The van der Waals surface area contributed by atoms with Crippen molar-refractivity contribution in [1.29, 1.82) is 0 Å². The van der Waals surface area contributed by atoms with Crippen molar-refractivity contribution in [2.24, 2.45) is 0 Å². The van der Waals surface area contributed by atoms with Crippen LogP contribution >= 0.6 is 0 Å². The Balaban J connectivity index is 1.85. The molecule has 0 amide bonds. The zero-order valence-corrected chi connectivity index (χ0v) is 20.5. The molecule has 4 aromatic rings. The number of aromatic nitrogens is 2. The fourth-order valence-electron chi connectivity index (χ4n) is 4.03. The van der Waals surface area contributed by atoms with Gasteiger partial charge in [0.1, 0.15) is 0 Å². The summed E-state index contributed by atoms with van der Waals surface area (Å²) in [5.41, 5.74) is 7.43. The molecule has 0 saturated carbocycles. The normalized spacial score (nSPS) is 10.8. The molecule has 0 radical (unpaired) electrons. The van der Waals surface area contributed by atoms with Gasteiger partial charge in [-0.05, 0) is 67.4 Å². The molecule has 0 aliphatic carbocycles. The smallest absolute Gasteiger partial charge is 0.161 e. The van der Waals surface area contributed by atoms with Crippen LogP contribution in [0.4, 0.5) is 0 Å². The molecule has 4 rings (SSSR count). The number of nitrogens with zero attached hydrogens (tertiary/aromatic N) is 2. The zero-order chi connectivity index (χ0) is 24.2. The maximum Gasteiger partial charge on any atom is 0.161 e. The van der Waals surface area contributed by atoms with Crippen LogP contribution in [0.2, 0.25) is 0 Å². The van der Waals surface area contributed by atoms with E-state index in [1.807, 2.05) is 41.1 Å². The Hall–Kier alpha value is -3.93. The average Bonchev–Trinajstić information content (AvgIpc) is 3.29. The van der Waals surface area contributed by atoms with Gasteiger partial charge in [-0.3, -0.25) is 4.68 Å². The van der Waals surface area contributed by atoms with Gasteiger partial charge in [0.15, 0.2) is 23.0 Å². The largest absolute Gasteiger partial charge is 0.493 e. The highest BCUT2D eigenvalue weighted by Gasteiger charge is 2.16. The molecule has 0 atom stereocenters. The van der Waals surface area contributed by atoms with Crippen molar-refractivity contribution in [2.45, 2.75) is 20.4 Å². The molecule has 0 fully saturated rings. The predicted molar refractivity (Wildman–Crippen MR) is 134 cm³/mol. The van der Waals surface area contributed by atoms with Gasteiger partial charge in [-0.1, -0.05) is 23.8 Å². The third-order valence-electron chi connectivity index (χ3n) is 5.96. The van der Waals surface area contributed by atoms with Crippen molar-refractivity contribution < 1.29 is 18.9 Å². The minimum atomic E-state index is 0.643. The van der Waals surface area contributed by atoms with Gasteiger partial charge in [-0.25, -0.2) is 0 Å². The summed E-state index contributed by atoms with van der Waals surface area (Å²) in [6.07, 6.45) is 0. The van der Waals surface area contributed by atoms with E-state index in [-0.39, 0.29) is 0 Å². The fourth-order valence-corrected chi connectivity index (χ4v) is 4.03. The second kappa shape index (κ2) is 9.91. The van der Waals surface area contributed by atoms with Crippen LogP contribution in [-0.4, -0.2) is 38.2 Å². The average molecular weight is 459 g/mol. The number of hydrogen-bond acceptors (Lipinski definition) is 5. The molecule has 0 aliphatic rings. The molecule has 0 saturated heterocycles.